The molecule has 1 aromatic rings. The summed E-state index contributed by atoms with van der Waals surface area (Å²) >= 11 is 0. The van der Waals surface area contributed by atoms with Crippen LogP contribution in [0, 0.1) is 6.92 Å². The van der Waals surface area contributed by atoms with E-state index in [9.17, 15) is 0 Å². The minimum absolute atomic E-state index is 0.200. The molecule has 0 aliphatic heterocycles. The van der Waals surface area contributed by atoms with Gasteiger partial charge in [0.1, 0.15) is 0 Å². The van der Waals surface area contributed by atoms with E-state index in [0.29, 0.717) is 6.04 Å². The maximum Gasteiger partial charge on any atom is 0.203 e. The van der Waals surface area contributed by atoms with Gasteiger partial charge in [-0.3, -0.25) is 0 Å². The van der Waals surface area contributed by atoms with E-state index in [0.717, 1.165) is 18.2 Å². The Bertz CT molecular complexity index is 307. The zero-order valence-electron chi connectivity index (χ0n) is 10.2. The van der Waals surface area contributed by atoms with Gasteiger partial charge < -0.3 is 14.6 Å². The summed E-state index contributed by atoms with van der Waals surface area (Å²) in [4.78, 5) is 4.43. The molecule has 0 saturated heterocycles. The molecule has 0 aliphatic rings. The molecule has 0 radical (unpaired) electrons. The molecule has 0 saturated carbocycles. The van der Waals surface area contributed by atoms with Crippen LogP contribution in [0.25, 0.3) is 0 Å². The van der Waals surface area contributed by atoms with Crippen molar-refractivity contribution in [1.82, 2.24) is 9.55 Å². The minimum Gasteiger partial charge on any atom is -0.380 e. The molecule has 1 unspecified atom stereocenters. The molecule has 0 fully saturated rings. The summed E-state index contributed by atoms with van der Waals surface area (Å²) in [5.41, 5.74) is 1.03. The highest BCUT2D eigenvalue weighted by molar-refractivity contribution is 5.29. The zero-order valence-corrected chi connectivity index (χ0v) is 10.2. The lowest BCUT2D eigenvalue weighted by atomic mass is 10.4. The van der Waals surface area contributed by atoms with Gasteiger partial charge in [0, 0.05) is 19.3 Å². The number of aromatic nitrogens is 2. The van der Waals surface area contributed by atoms with Crippen molar-refractivity contribution in [2.24, 2.45) is 0 Å². The van der Waals surface area contributed by atoms with E-state index in [2.05, 4.69) is 35.6 Å². The highest BCUT2D eigenvalue weighted by atomic mass is 16.5. The lowest BCUT2D eigenvalue weighted by molar-refractivity contribution is 0.104. The van der Waals surface area contributed by atoms with Crippen LogP contribution in [0.5, 0.6) is 0 Å². The van der Waals surface area contributed by atoms with Crippen LogP contribution in [0.4, 0.5) is 5.95 Å². The smallest absolute Gasteiger partial charge is 0.203 e. The summed E-state index contributed by atoms with van der Waals surface area (Å²) in [5.74, 6) is 0.923. The number of hydrogen-bond acceptors (Lipinski definition) is 3. The first-order valence-electron chi connectivity index (χ1n) is 5.36. The highest BCUT2D eigenvalue weighted by Crippen LogP contribution is 2.11. The quantitative estimate of drug-likeness (QED) is 0.810. The van der Waals surface area contributed by atoms with Gasteiger partial charge in [-0.15, -0.1) is 0 Å². The number of ether oxygens (including phenoxy) is 1. The minimum atomic E-state index is 0.200. The van der Waals surface area contributed by atoms with Crippen molar-refractivity contribution in [2.45, 2.75) is 46.4 Å². The molecule has 0 aliphatic carbocycles. The zero-order chi connectivity index (χ0) is 11.4. The third-order valence-electron chi connectivity index (χ3n) is 2.17. The predicted molar refractivity (Wildman–Crippen MR) is 62.2 cm³/mol. The van der Waals surface area contributed by atoms with E-state index >= 15 is 0 Å². The second-order valence-corrected chi connectivity index (χ2v) is 4.20. The van der Waals surface area contributed by atoms with Crippen LogP contribution in [0.15, 0.2) is 6.20 Å². The fraction of sp³-hybridized carbons (Fsp3) is 0.727. The van der Waals surface area contributed by atoms with E-state index in [-0.39, 0.29) is 6.10 Å². The number of nitrogens with zero attached hydrogens (tertiary/aromatic N) is 2. The Hall–Kier alpha value is -1.03. The number of rotatable bonds is 5. The van der Waals surface area contributed by atoms with Crippen molar-refractivity contribution in [3.63, 3.8) is 0 Å². The molecule has 1 atom stereocenters. The van der Waals surface area contributed by atoms with Gasteiger partial charge in [-0.25, -0.2) is 4.98 Å². The van der Waals surface area contributed by atoms with E-state index < -0.39 is 0 Å². The molecule has 0 bridgehead atoms. The molecule has 15 heavy (non-hydrogen) atoms. The summed E-state index contributed by atoms with van der Waals surface area (Å²) in [5, 5.41) is 3.32. The van der Waals surface area contributed by atoms with Gasteiger partial charge in [-0.05, 0) is 27.7 Å². The van der Waals surface area contributed by atoms with Gasteiger partial charge >= 0.3 is 0 Å². The molecular weight excluding hydrogens is 190 g/mol. The first-order chi connectivity index (χ1) is 7.02. The summed E-state index contributed by atoms with van der Waals surface area (Å²) in [7, 11) is 1.73. The van der Waals surface area contributed by atoms with Crippen molar-refractivity contribution in [1.29, 1.82) is 0 Å². The molecule has 0 spiro atoms. The molecule has 1 rings (SSSR count). The highest BCUT2D eigenvalue weighted by Gasteiger charge is 2.09. The second kappa shape index (κ2) is 5.16. The number of methoxy groups -OCH3 is 1. The van der Waals surface area contributed by atoms with Gasteiger partial charge in [0.2, 0.25) is 5.95 Å². The number of aryl methyl sites for hydroxylation is 1. The number of hydrogen-bond donors (Lipinski definition) is 1. The van der Waals surface area contributed by atoms with Crippen LogP contribution >= 0.6 is 0 Å². The monoisotopic (exact) mass is 211 g/mol. The Morgan fingerprint density at radius 2 is 2.13 bits per heavy atom. The van der Waals surface area contributed by atoms with Crippen molar-refractivity contribution in [3.05, 3.63) is 11.9 Å². The molecule has 4 nitrogen and oxygen atoms in total. The van der Waals surface area contributed by atoms with Crippen LogP contribution in [-0.2, 0) is 11.3 Å². The van der Waals surface area contributed by atoms with Crippen LogP contribution < -0.4 is 5.32 Å². The number of nitrogens with one attached hydrogen (secondary N) is 1. The average Bonchev–Trinajstić information content (AvgIpc) is 2.45. The first kappa shape index (κ1) is 12.0. The Kier molecular flexibility index (Phi) is 4.15. The lowest BCUT2D eigenvalue weighted by Gasteiger charge is -2.15. The van der Waals surface area contributed by atoms with Crippen molar-refractivity contribution in [3.8, 4) is 0 Å². The second-order valence-electron chi connectivity index (χ2n) is 4.20. The fourth-order valence-corrected chi connectivity index (χ4v) is 1.41. The van der Waals surface area contributed by atoms with E-state index in [1.165, 1.54) is 0 Å². The molecule has 4 heteroatoms. The SMILES string of the molecule is COC(C)Cn1cc(C)nc1NC(C)C. The summed E-state index contributed by atoms with van der Waals surface area (Å²) in [6.45, 7) is 9.09. The van der Waals surface area contributed by atoms with Crippen LogP contribution in [0.2, 0.25) is 0 Å². The normalized spacial score (nSPS) is 13.2. The topological polar surface area (TPSA) is 39.1 Å². The van der Waals surface area contributed by atoms with Crippen LogP contribution in [-0.4, -0.2) is 28.8 Å². The summed E-state index contributed by atoms with van der Waals surface area (Å²) in [6.07, 6.45) is 2.24. The molecular formula is C11H21N3O. The van der Waals surface area contributed by atoms with Gasteiger partial charge in [-0.1, -0.05) is 0 Å². The van der Waals surface area contributed by atoms with E-state index in [4.69, 9.17) is 4.74 Å². The van der Waals surface area contributed by atoms with Crippen molar-refractivity contribution < 1.29 is 4.74 Å². The largest absolute Gasteiger partial charge is 0.380 e. The maximum atomic E-state index is 5.25. The Balaban J connectivity index is 2.76. The average molecular weight is 211 g/mol. The first-order valence-corrected chi connectivity index (χ1v) is 5.36. The number of imidazole rings is 1. The van der Waals surface area contributed by atoms with E-state index in [1.54, 1.807) is 7.11 Å². The third kappa shape index (κ3) is 3.55. The van der Waals surface area contributed by atoms with Gasteiger partial charge in [0.25, 0.3) is 0 Å². The molecule has 86 valence electrons. The fourth-order valence-electron chi connectivity index (χ4n) is 1.41. The summed E-state index contributed by atoms with van der Waals surface area (Å²) < 4.78 is 7.35. The third-order valence-corrected chi connectivity index (χ3v) is 2.17. The predicted octanol–water partition coefficient (Wildman–Crippen LogP) is 2.05. The summed E-state index contributed by atoms with van der Waals surface area (Å²) in [6, 6.07) is 0.392. The molecule has 1 heterocycles. The van der Waals surface area contributed by atoms with Crippen molar-refractivity contribution >= 4 is 5.95 Å². The standard InChI is InChI=1S/C11H21N3O/c1-8(2)12-11-13-9(3)6-14(11)7-10(4)15-5/h6,8,10H,7H2,1-5H3,(H,12,13). The van der Waals surface area contributed by atoms with Gasteiger partial charge in [0.15, 0.2) is 0 Å². The Labute approximate surface area is 91.7 Å². The molecule has 1 aromatic heterocycles. The van der Waals surface area contributed by atoms with Gasteiger partial charge in [-0.2, -0.15) is 0 Å². The molecule has 0 amide bonds. The van der Waals surface area contributed by atoms with Crippen LogP contribution in [0.1, 0.15) is 26.5 Å². The van der Waals surface area contributed by atoms with Crippen LogP contribution in [0.3, 0.4) is 0 Å². The Morgan fingerprint density at radius 1 is 1.47 bits per heavy atom. The van der Waals surface area contributed by atoms with E-state index in [1.807, 2.05) is 13.1 Å². The van der Waals surface area contributed by atoms with Gasteiger partial charge in [0.05, 0.1) is 18.3 Å². The maximum absolute atomic E-state index is 5.25. The van der Waals surface area contributed by atoms with Crippen molar-refractivity contribution in [2.75, 3.05) is 12.4 Å². The Morgan fingerprint density at radius 3 is 2.67 bits per heavy atom. The molecule has 1 N–H and O–H groups in total. The molecule has 0 aromatic carbocycles. The lowest BCUT2D eigenvalue weighted by Crippen LogP contribution is -2.19. The number of anilines is 1.